The third kappa shape index (κ3) is 5.23. The lowest BCUT2D eigenvalue weighted by Crippen LogP contribution is -2.50. The average Bonchev–Trinajstić information content (AvgIpc) is 3.20. The van der Waals surface area contributed by atoms with Crippen LogP contribution in [0.15, 0.2) is 30.3 Å². The normalized spacial score (nSPS) is 20.5. The zero-order valence-electron chi connectivity index (χ0n) is 16.5. The monoisotopic (exact) mass is 357 g/mol. The van der Waals surface area contributed by atoms with Crippen molar-refractivity contribution in [3.8, 4) is 0 Å². The van der Waals surface area contributed by atoms with E-state index in [-0.39, 0.29) is 6.03 Å². The van der Waals surface area contributed by atoms with Crippen molar-refractivity contribution < 1.29 is 4.79 Å². The first kappa shape index (κ1) is 19.2. The number of amides is 2. The molecule has 4 nitrogen and oxygen atoms in total. The number of hydrogen-bond donors (Lipinski definition) is 1. The Labute approximate surface area is 158 Å². The summed E-state index contributed by atoms with van der Waals surface area (Å²) >= 11 is 0. The lowest BCUT2D eigenvalue weighted by atomic mass is 9.89. The number of likely N-dealkylation sites (tertiary alicyclic amines) is 2. The second kappa shape index (κ2) is 9.40. The molecule has 0 aromatic heterocycles. The fourth-order valence-corrected chi connectivity index (χ4v) is 4.33. The lowest BCUT2D eigenvalue weighted by Gasteiger charge is -2.37. The predicted octanol–water partition coefficient (Wildman–Crippen LogP) is 3.77. The van der Waals surface area contributed by atoms with Crippen molar-refractivity contribution in [2.75, 3.05) is 32.7 Å². The van der Waals surface area contributed by atoms with Crippen LogP contribution in [0.2, 0.25) is 0 Å². The van der Waals surface area contributed by atoms with Gasteiger partial charge < -0.3 is 15.1 Å². The van der Waals surface area contributed by atoms with Crippen LogP contribution in [-0.2, 0) is 6.42 Å². The van der Waals surface area contributed by atoms with E-state index in [0.29, 0.717) is 17.9 Å². The van der Waals surface area contributed by atoms with Gasteiger partial charge >= 0.3 is 6.03 Å². The molecule has 3 rings (SSSR count). The van der Waals surface area contributed by atoms with Crippen molar-refractivity contribution in [2.24, 2.45) is 11.8 Å². The fraction of sp³-hybridized carbons (Fsp3) is 0.682. The molecule has 2 aliphatic rings. The van der Waals surface area contributed by atoms with Crippen LogP contribution < -0.4 is 5.32 Å². The Kier molecular flexibility index (Phi) is 6.95. The van der Waals surface area contributed by atoms with Crippen LogP contribution in [0.5, 0.6) is 0 Å². The number of hydrogen-bond acceptors (Lipinski definition) is 2. The average molecular weight is 358 g/mol. The molecule has 0 aliphatic carbocycles. The minimum atomic E-state index is 0.128. The molecule has 1 aromatic rings. The standard InChI is InChI=1S/C22H35N3O/c1-18(2)20(16-19-8-4-3-5-9-19)17-23-22(26)25-14-10-21(11-15-25)24-12-6-7-13-24/h3-5,8-9,18,20-21H,6-7,10-17H2,1-2H3,(H,23,26)/t20-/m0/s1. The van der Waals surface area contributed by atoms with E-state index in [0.717, 1.165) is 38.9 Å². The summed E-state index contributed by atoms with van der Waals surface area (Å²) in [7, 11) is 0. The van der Waals surface area contributed by atoms with E-state index in [1.807, 2.05) is 4.90 Å². The van der Waals surface area contributed by atoms with E-state index in [2.05, 4.69) is 54.4 Å². The van der Waals surface area contributed by atoms with Gasteiger partial charge in [-0.2, -0.15) is 0 Å². The summed E-state index contributed by atoms with van der Waals surface area (Å²) in [6.45, 7) is 9.58. The zero-order chi connectivity index (χ0) is 18.4. The predicted molar refractivity (Wildman–Crippen MR) is 107 cm³/mol. The Morgan fingerprint density at radius 3 is 2.35 bits per heavy atom. The van der Waals surface area contributed by atoms with E-state index < -0.39 is 0 Å². The molecule has 1 N–H and O–H groups in total. The summed E-state index contributed by atoms with van der Waals surface area (Å²) in [6.07, 6.45) is 5.98. The summed E-state index contributed by atoms with van der Waals surface area (Å²) in [5, 5.41) is 3.21. The summed E-state index contributed by atoms with van der Waals surface area (Å²) in [6, 6.07) is 11.4. The Balaban J connectivity index is 1.43. The Bertz CT molecular complexity index is 546. The number of carbonyl (C=O) groups is 1. The summed E-state index contributed by atoms with van der Waals surface area (Å²) in [5.74, 6) is 1.03. The zero-order valence-corrected chi connectivity index (χ0v) is 16.5. The number of nitrogens with zero attached hydrogens (tertiary/aromatic N) is 2. The summed E-state index contributed by atoms with van der Waals surface area (Å²) < 4.78 is 0. The highest BCUT2D eigenvalue weighted by Gasteiger charge is 2.28. The van der Waals surface area contributed by atoms with Crippen molar-refractivity contribution in [1.29, 1.82) is 0 Å². The minimum Gasteiger partial charge on any atom is -0.338 e. The van der Waals surface area contributed by atoms with Crippen LogP contribution in [0, 0.1) is 11.8 Å². The molecule has 144 valence electrons. The van der Waals surface area contributed by atoms with E-state index in [9.17, 15) is 4.79 Å². The molecule has 1 atom stereocenters. The van der Waals surface area contributed by atoms with E-state index in [1.54, 1.807) is 0 Å². The molecule has 2 aliphatic heterocycles. The van der Waals surface area contributed by atoms with Crippen LogP contribution in [0.3, 0.4) is 0 Å². The number of rotatable bonds is 6. The number of carbonyl (C=O) groups excluding carboxylic acids is 1. The highest BCUT2D eigenvalue weighted by Crippen LogP contribution is 2.21. The largest absolute Gasteiger partial charge is 0.338 e. The molecule has 0 spiro atoms. The first-order chi connectivity index (χ1) is 12.6. The van der Waals surface area contributed by atoms with Gasteiger partial charge in [-0.15, -0.1) is 0 Å². The molecule has 1 aromatic carbocycles. The SMILES string of the molecule is CC(C)[C@H](CNC(=O)N1CCC(N2CCCC2)CC1)Cc1ccccc1. The molecule has 0 saturated carbocycles. The quantitative estimate of drug-likeness (QED) is 0.841. The van der Waals surface area contributed by atoms with Gasteiger partial charge in [-0.05, 0) is 62.6 Å². The van der Waals surface area contributed by atoms with E-state index in [4.69, 9.17) is 0 Å². The first-order valence-corrected chi connectivity index (χ1v) is 10.4. The van der Waals surface area contributed by atoms with Gasteiger partial charge in [0, 0.05) is 25.7 Å². The van der Waals surface area contributed by atoms with Crippen LogP contribution in [0.1, 0.15) is 45.1 Å². The molecule has 2 amide bonds. The van der Waals surface area contributed by atoms with Crippen molar-refractivity contribution in [3.63, 3.8) is 0 Å². The number of piperidine rings is 1. The van der Waals surface area contributed by atoms with E-state index in [1.165, 1.54) is 31.5 Å². The van der Waals surface area contributed by atoms with Crippen LogP contribution >= 0.6 is 0 Å². The maximum absolute atomic E-state index is 12.6. The fourth-order valence-electron chi connectivity index (χ4n) is 4.33. The molecular weight excluding hydrogens is 322 g/mol. The first-order valence-electron chi connectivity index (χ1n) is 10.4. The molecule has 2 heterocycles. The maximum Gasteiger partial charge on any atom is 0.317 e. The van der Waals surface area contributed by atoms with Gasteiger partial charge in [0.1, 0.15) is 0 Å². The maximum atomic E-state index is 12.6. The van der Waals surface area contributed by atoms with Crippen molar-refractivity contribution in [3.05, 3.63) is 35.9 Å². The van der Waals surface area contributed by atoms with Crippen LogP contribution in [-0.4, -0.2) is 54.6 Å². The minimum absolute atomic E-state index is 0.128. The van der Waals surface area contributed by atoms with Gasteiger partial charge in [0.05, 0.1) is 0 Å². The smallest absolute Gasteiger partial charge is 0.317 e. The van der Waals surface area contributed by atoms with Crippen molar-refractivity contribution in [2.45, 2.75) is 52.0 Å². The molecule has 4 heteroatoms. The Hall–Kier alpha value is -1.55. The van der Waals surface area contributed by atoms with Gasteiger partial charge in [-0.25, -0.2) is 4.79 Å². The van der Waals surface area contributed by atoms with Gasteiger partial charge in [0.25, 0.3) is 0 Å². The molecule has 2 saturated heterocycles. The highest BCUT2D eigenvalue weighted by molar-refractivity contribution is 5.74. The number of nitrogens with one attached hydrogen (secondary N) is 1. The van der Waals surface area contributed by atoms with Gasteiger partial charge in [-0.1, -0.05) is 44.2 Å². The molecule has 0 unspecified atom stereocenters. The third-order valence-electron chi connectivity index (χ3n) is 6.21. The number of urea groups is 1. The molecular formula is C22H35N3O. The van der Waals surface area contributed by atoms with E-state index >= 15 is 0 Å². The number of benzene rings is 1. The van der Waals surface area contributed by atoms with Crippen LogP contribution in [0.25, 0.3) is 0 Å². The lowest BCUT2D eigenvalue weighted by molar-refractivity contribution is 0.133. The highest BCUT2D eigenvalue weighted by atomic mass is 16.2. The van der Waals surface area contributed by atoms with Crippen molar-refractivity contribution in [1.82, 2.24) is 15.1 Å². The second-order valence-electron chi connectivity index (χ2n) is 8.34. The third-order valence-corrected chi connectivity index (χ3v) is 6.21. The summed E-state index contributed by atoms with van der Waals surface area (Å²) in [5.41, 5.74) is 1.35. The molecule has 26 heavy (non-hydrogen) atoms. The molecule has 0 bridgehead atoms. The van der Waals surface area contributed by atoms with Gasteiger partial charge in [-0.3, -0.25) is 0 Å². The van der Waals surface area contributed by atoms with Crippen LogP contribution in [0.4, 0.5) is 4.79 Å². The van der Waals surface area contributed by atoms with Crippen molar-refractivity contribution >= 4 is 6.03 Å². The van der Waals surface area contributed by atoms with Gasteiger partial charge in [0.15, 0.2) is 0 Å². The van der Waals surface area contributed by atoms with Gasteiger partial charge in [0.2, 0.25) is 0 Å². The molecule has 2 fully saturated rings. The molecule has 0 radical (unpaired) electrons. The topological polar surface area (TPSA) is 35.6 Å². The summed E-state index contributed by atoms with van der Waals surface area (Å²) in [4.78, 5) is 17.3. The second-order valence-corrected chi connectivity index (χ2v) is 8.34. The Morgan fingerprint density at radius 1 is 1.08 bits per heavy atom. The Morgan fingerprint density at radius 2 is 1.73 bits per heavy atom.